The van der Waals surface area contributed by atoms with E-state index in [9.17, 15) is 0 Å². The monoisotopic (exact) mass is 206 g/mol. The average Bonchev–Trinajstić information content (AvgIpc) is 2.14. The molecule has 0 saturated heterocycles. The Morgan fingerprint density at radius 3 is 2.86 bits per heavy atom. The molecule has 0 bridgehead atoms. The third-order valence-corrected chi connectivity index (χ3v) is 2.90. The van der Waals surface area contributed by atoms with Gasteiger partial charge in [-0.1, -0.05) is 32.1 Å². The van der Waals surface area contributed by atoms with Crippen LogP contribution >= 0.6 is 11.8 Å². The van der Waals surface area contributed by atoms with Gasteiger partial charge in [0, 0.05) is 10.1 Å². The number of benzene rings is 1. The van der Waals surface area contributed by atoms with Crippen LogP contribution in [0, 0.1) is 0 Å². The van der Waals surface area contributed by atoms with Gasteiger partial charge in [0.15, 0.2) is 0 Å². The molecule has 14 heavy (non-hydrogen) atoms. The molecule has 0 aliphatic heterocycles. The SMILES string of the molecule is C=CCCc1cccc(SC(C)C)c1. The van der Waals surface area contributed by atoms with Gasteiger partial charge >= 0.3 is 0 Å². The molecule has 1 aromatic rings. The number of aryl methyl sites for hydroxylation is 1. The Hall–Kier alpha value is -0.690. The first-order valence-corrected chi connectivity index (χ1v) is 5.97. The zero-order valence-electron chi connectivity index (χ0n) is 8.99. The largest absolute Gasteiger partial charge is 0.123 e. The van der Waals surface area contributed by atoms with E-state index < -0.39 is 0 Å². The molecule has 0 saturated carbocycles. The maximum Gasteiger partial charge on any atom is 0.00773 e. The second-order valence-corrected chi connectivity index (χ2v) is 5.29. The molecule has 0 aromatic heterocycles. The number of rotatable bonds is 5. The van der Waals surface area contributed by atoms with Crippen molar-refractivity contribution in [3.63, 3.8) is 0 Å². The second kappa shape index (κ2) is 5.92. The molecule has 0 aliphatic carbocycles. The van der Waals surface area contributed by atoms with Crippen molar-refractivity contribution < 1.29 is 0 Å². The van der Waals surface area contributed by atoms with Gasteiger partial charge in [0.25, 0.3) is 0 Å². The molecule has 0 nitrogen and oxygen atoms in total. The molecule has 0 atom stereocenters. The number of hydrogen-bond acceptors (Lipinski definition) is 1. The molecule has 1 heteroatoms. The van der Waals surface area contributed by atoms with Crippen LogP contribution in [-0.4, -0.2) is 5.25 Å². The Kier molecular flexibility index (Phi) is 4.81. The maximum atomic E-state index is 3.74. The number of thioether (sulfide) groups is 1. The Bertz CT molecular complexity index is 289. The van der Waals surface area contributed by atoms with Crippen LogP contribution in [0.25, 0.3) is 0 Å². The highest BCUT2D eigenvalue weighted by Gasteiger charge is 1.99. The first-order valence-electron chi connectivity index (χ1n) is 5.09. The van der Waals surface area contributed by atoms with Crippen molar-refractivity contribution in [3.8, 4) is 0 Å². The van der Waals surface area contributed by atoms with Crippen molar-refractivity contribution in [2.24, 2.45) is 0 Å². The number of allylic oxidation sites excluding steroid dienone is 1. The van der Waals surface area contributed by atoms with Crippen LogP contribution in [0.2, 0.25) is 0 Å². The Morgan fingerprint density at radius 2 is 2.21 bits per heavy atom. The van der Waals surface area contributed by atoms with Crippen molar-refractivity contribution in [1.82, 2.24) is 0 Å². The van der Waals surface area contributed by atoms with Crippen molar-refractivity contribution in [3.05, 3.63) is 42.5 Å². The van der Waals surface area contributed by atoms with Crippen LogP contribution < -0.4 is 0 Å². The molecule has 0 amide bonds. The summed E-state index contributed by atoms with van der Waals surface area (Å²) in [5.41, 5.74) is 1.41. The van der Waals surface area contributed by atoms with E-state index in [0.717, 1.165) is 12.8 Å². The molecule has 0 unspecified atom stereocenters. The lowest BCUT2D eigenvalue weighted by Crippen LogP contribution is -1.88. The van der Waals surface area contributed by atoms with E-state index in [1.807, 2.05) is 17.8 Å². The molecule has 76 valence electrons. The van der Waals surface area contributed by atoms with Crippen LogP contribution in [0.4, 0.5) is 0 Å². The van der Waals surface area contributed by atoms with Gasteiger partial charge in [-0.15, -0.1) is 18.3 Å². The van der Waals surface area contributed by atoms with Gasteiger partial charge in [0.2, 0.25) is 0 Å². The molecule has 0 fully saturated rings. The lowest BCUT2D eigenvalue weighted by molar-refractivity contribution is 0.996. The van der Waals surface area contributed by atoms with Crippen molar-refractivity contribution in [1.29, 1.82) is 0 Å². The van der Waals surface area contributed by atoms with E-state index in [2.05, 4.69) is 44.7 Å². The van der Waals surface area contributed by atoms with Gasteiger partial charge in [-0.2, -0.15) is 0 Å². The van der Waals surface area contributed by atoms with Crippen LogP contribution in [0.1, 0.15) is 25.8 Å². The van der Waals surface area contributed by atoms with E-state index in [0.29, 0.717) is 5.25 Å². The summed E-state index contributed by atoms with van der Waals surface area (Å²) in [5, 5.41) is 0.657. The van der Waals surface area contributed by atoms with Gasteiger partial charge in [0.05, 0.1) is 0 Å². The quantitative estimate of drug-likeness (QED) is 0.511. The Labute approximate surface area is 91.4 Å². The molecule has 0 radical (unpaired) electrons. The van der Waals surface area contributed by atoms with Gasteiger partial charge < -0.3 is 0 Å². The third-order valence-electron chi connectivity index (χ3n) is 1.91. The fourth-order valence-electron chi connectivity index (χ4n) is 1.32. The lowest BCUT2D eigenvalue weighted by Gasteiger charge is -2.06. The predicted octanol–water partition coefficient (Wildman–Crippen LogP) is 4.31. The van der Waals surface area contributed by atoms with Gasteiger partial charge in [-0.25, -0.2) is 0 Å². The summed E-state index contributed by atoms with van der Waals surface area (Å²) >= 11 is 1.92. The maximum absolute atomic E-state index is 3.74. The average molecular weight is 206 g/mol. The molecule has 1 aromatic carbocycles. The first kappa shape index (κ1) is 11.4. The smallest absolute Gasteiger partial charge is 0.00773 e. The Morgan fingerprint density at radius 1 is 1.43 bits per heavy atom. The van der Waals surface area contributed by atoms with E-state index in [1.165, 1.54) is 10.5 Å². The number of hydrogen-bond donors (Lipinski definition) is 0. The normalized spacial score (nSPS) is 10.5. The van der Waals surface area contributed by atoms with Crippen LogP contribution in [0.15, 0.2) is 41.8 Å². The van der Waals surface area contributed by atoms with E-state index in [-0.39, 0.29) is 0 Å². The van der Waals surface area contributed by atoms with Gasteiger partial charge in [-0.3, -0.25) is 0 Å². The first-order chi connectivity index (χ1) is 6.72. The molecule has 0 spiro atoms. The zero-order chi connectivity index (χ0) is 10.4. The van der Waals surface area contributed by atoms with Gasteiger partial charge in [0.1, 0.15) is 0 Å². The van der Waals surface area contributed by atoms with E-state index >= 15 is 0 Å². The van der Waals surface area contributed by atoms with Gasteiger partial charge in [-0.05, 0) is 30.5 Å². The summed E-state index contributed by atoms with van der Waals surface area (Å²) in [7, 11) is 0. The molecule has 1 rings (SSSR count). The topological polar surface area (TPSA) is 0 Å². The minimum Gasteiger partial charge on any atom is -0.123 e. The molecular weight excluding hydrogens is 188 g/mol. The van der Waals surface area contributed by atoms with Crippen molar-refractivity contribution in [2.45, 2.75) is 36.8 Å². The standard InChI is InChI=1S/C13H18S/c1-4-5-7-12-8-6-9-13(10-12)14-11(2)3/h4,6,8-11H,1,5,7H2,2-3H3. The predicted molar refractivity (Wildman–Crippen MR) is 66.0 cm³/mol. The highest BCUT2D eigenvalue weighted by atomic mass is 32.2. The summed E-state index contributed by atoms with van der Waals surface area (Å²) in [5.74, 6) is 0. The molecule has 0 heterocycles. The molecule has 0 N–H and O–H groups in total. The molecular formula is C13H18S. The summed E-state index contributed by atoms with van der Waals surface area (Å²) in [6.07, 6.45) is 4.15. The summed E-state index contributed by atoms with van der Waals surface area (Å²) in [6.45, 7) is 8.19. The van der Waals surface area contributed by atoms with E-state index in [1.54, 1.807) is 0 Å². The molecule has 0 aliphatic rings. The second-order valence-electron chi connectivity index (χ2n) is 3.64. The van der Waals surface area contributed by atoms with Crippen LogP contribution in [-0.2, 0) is 6.42 Å². The zero-order valence-corrected chi connectivity index (χ0v) is 9.81. The third kappa shape index (κ3) is 4.01. The summed E-state index contributed by atoms with van der Waals surface area (Å²) < 4.78 is 0. The fourth-order valence-corrected chi connectivity index (χ4v) is 2.24. The van der Waals surface area contributed by atoms with Crippen molar-refractivity contribution in [2.75, 3.05) is 0 Å². The van der Waals surface area contributed by atoms with Crippen LogP contribution in [0.5, 0.6) is 0 Å². The summed E-state index contributed by atoms with van der Waals surface area (Å²) in [6, 6.07) is 8.80. The minimum atomic E-state index is 0.657. The highest BCUT2D eigenvalue weighted by molar-refractivity contribution is 7.99. The highest BCUT2D eigenvalue weighted by Crippen LogP contribution is 2.23. The van der Waals surface area contributed by atoms with Crippen molar-refractivity contribution >= 4 is 11.8 Å². The van der Waals surface area contributed by atoms with E-state index in [4.69, 9.17) is 0 Å². The minimum absolute atomic E-state index is 0.657. The fraction of sp³-hybridized carbons (Fsp3) is 0.385. The summed E-state index contributed by atoms with van der Waals surface area (Å²) in [4.78, 5) is 1.38. The van der Waals surface area contributed by atoms with Crippen LogP contribution in [0.3, 0.4) is 0 Å². The Balaban J connectivity index is 2.63. The lowest BCUT2D eigenvalue weighted by atomic mass is 10.1.